The Labute approximate surface area is 187 Å². The molecule has 0 bridgehead atoms. The van der Waals surface area contributed by atoms with Gasteiger partial charge in [-0.3, -0.25) is 0 Å². The van der Waals surface area contributed by atoms with E-state index in [4.69, 9.17) is 0 Å². The lowest BCUT2D eigenvalue weighted by Gasteiger charge is -2.14. The molecule has 32 heavy (non-hydrogen) atoms. The molecule has 3 aromatic carbocycles. The van der Waals surface area contributed by atoms with Crippen molar-refractivity contribution in [1.29, 1.82) is 0 Å². The molecule has 0 unspecified atom stereocenters. The van der Waals surface area contributed by atoms with E-state index >= 15 is 0 Å². The maximum Gasteiger partial charge on any atom is 0.573 e. The first kappa shape index (κ1) is 23.0. The standard InChI is InChI=1S/C28H23F3O/c1-4-5-25-18-24(15-14-22-10-6-20(2)7-11-22)19-27(32-28(29,30)31)26(25)17-16-23-12-8-21(3)9-13-23/h6-13,18-19H,4-5H2,1-3H3. The van der Waals surface area contributed by atoms with Crippen molar-refractivity contribution in [2.45, 2.75) is 40.0 Å². The number of hydrogen-bond acceptors (Lipinski definition) is 1. The number of ether oxygens (including phenoxy) is 1. The van der Waals surface area contributed by atoms with Crippen molar-refractivity contribution < 1.29 is 17.9 Å². The van der Waals surface area contributed by atoms with Gasteiger partial charge in [0.15, 0.2) is 0 Å². The van der Waals surface area contributed by atoms with Crippen molar-refractivity contribution in [3.05, 3.63) is 99.6 Å². The van der Waals surface area contributed by atoms with Crippen molar-refractivity contribution in [3.8, 4) is 29.4 Å². The Morgan fingerprint density at radius 3 is 1.72 bits per heavy atom. The molecule has 0 N–H and O–H groups in total. The van der Waals surface area contributed by atoms with Crippen LogP contribution in [-0.4, -0.2) is 6.36 Å². The van der Waals surface area contributed by atoms with Gasteiger partial charge in [0.05, 0.1) is 5.56 Å². The zero-order chi connectivity index (χ0) is 23.1. The summed E-state index contributed by atoms with van der Waals surface area (Å²) in [6.07, 6.45) is -3.52. The van der Waals surface area contributed by atoms with Gasteiger partial charge in [0.1, 0.15) is 5.75 Å². The van der Waals surface area contributed by atoms with E-state index in [0.717, 1.165) is 28.7 Å². The largest absolute Gasteiger partial charge is 0.573 e. The third kappa shape index (κ3) is 6.69. The Morgan fingerprint density at radius 2 is 1.22 bits per heavy atom. The molecule has 0 spiro atoms. The fraction of sp³-hybridized carbons (Fsp3) is 0.214. The molecule has 1 nitrogen and oxygen atoms in total. The molecule has 0 saturated heterocycles. The summed E-state index contributed by atoms with van der Waals surface area (Å²) in [6, 6.07) is 18.2. The van der Waals surface area contributed by atoms with Gasteiger partial charge in [-0.05, 0) is 62.2 Å². The number of benzene rings is 3. The van der Waals surface area contributed by atoms with E-state index in [0.29, 0.717) is 17.5 Å². The summed E-state index contributed by atoms with van der Waals surface area (Å²) >= 11 is 0. The van der Waals surface area contributed by atoms with Gasteiger partial charge in [-0.15, -0.1) is 13.2 Å². The van der Waals surface area contributed by atoms with Gasteiger partial charge < -0.3 is 4.74 Å². The van der Waals surface area contributed by atoms with E-state index in [1.54, 1.807) is 6.07 Å². The Balaban J connectivity index is 2.08. The first-order chi connectivity index (χ1) is 15.2. The van der Waals surface area contributed by atoms with Crippen LogP contribution in [0.1, 0.15) is 52.3 Å². The van der Waals surface area contributed by atoms with Crippen LogP contribution < -0.4 is 4.74 Å². The normalized spacial score (nSPS) is 10.6. The topological polar surface area (TPSA) is 9.23 Å². The lowest BCUT2D eigenvalue weighted by molar-refractivity contribution is -0.274. The van der Waals surface area contributed by atoms with Crippen molar-refractivity contribution in [1.82, 2.24) is 0 Å². The monoisotopic (exact) mass is 432 g/mol. The fourth-order valence-electron chi connectivity index (χ4n) is 3.11. The lowest BCUT2D eigenvalue weighted by Crippen LogP contribution is -2.18. The van der Waals surface area contributed by atoms with Crippen molar-refractivity contribution in [2.75, 3.05) is 0 Å². The van der Waals surface area contributed by atoms with E-state index < -0.39 is 6.36 Å². The molecular weight excluding hydrogens is 409 g/mol. The molecular formula is C28H23F3O. The summed E-state index contributed by atoms with van der Waals surface area (Å²) in [5.41, 5.74) is 5.08. The zero-order valence-corrected chi connectivity index (χ0v) is 18.2. The smallest absolute Gasteiger partial charge is 0.404 e. The molecule has 0 heterocycles. The number of hydrogen-bond donors (Lipinski definition) is 0. The van der Waals surface area contributed by atoms with Gasteiger partial charge in [-0.2, -0.15) is 0 Å². The van der Waals surface area contributed by atoms with Crippen molar-refractivity contribution >= 4 is 0 Å². The van der Waals surface area contributed by atoms with Gasteiger partial charge in [0.25, 0.3) is 0 Å². The van der Waals surface area contributed by atoms with Crippen molar-refractivity contribution in [3.63, 3.8) is 0 Å². The molecule has 3 rings (SSSR count). The fourth-order valence-corrected chi connectivity index (χ4v) is 3.11. The summed E-state index contributed by atoms with van der Waals surface area (Å²) in [4.78, 5) is 0. The molecule has 0 aliphatic heterocycles. The van der Waals surface area contributed by atoms with Gasteiger partial charge in [0.2, 0.25) is 0 Å². The number of alkyl halides is 3. The van der Waals surface area contributed by atoms with Crippen LogP contribution in [-0.2, 0) is 6.42 Å². The summed E-state index contributed by atoms with van der Waals surface area (Å²) in [7, 11) is 0. The second-order valence-electron chi connectivity index (χ2n) is 7.54. The van der Waals surface area contributed by atoms with Crippen LogP contribution in [0.2, 0.25) is 0 Å². The van der Waals surface area contributed by atoms with Crippen LogP contribution >= 0.6 is 0 Å². The van der Waals surface area contributed by atoms with Crippen LogP contribution in [0.4, 0.5) is 13.2 Å². The van der Waals surface area contributed by atoms with Crippen LogP contribution in [0.15, 0.2) is 60.7 Å². The molecule has 162 valence electrons. The Hall–Kier alpha value is -3.63. The summed E-state index contributed by atoms with van der Waals surface area (Å²) < 4.78 is 43.8. The number of aryl methyl sites for hydroxylation is 3. The lowest BCUT2D eigenvalue weighted by atomic mass is 9.98. The minimum Gasteiger partial charge on any atom is -0.404 e. The molecule has 0 saturated carbocycles. The highest BCUT2D eigenvalue weighted by molar-refractivity contribution is 5.59. The zero-order valence-electron chi connectivity index (χ0n) is 18.2. The summed E-state index contributed by atoms with van der Waals surface area (Å²) in [5.74, 6) is 11.5. The van der Waals surface area contributed by atoms with Crippen LogP contribution in [0.3, 0.4) is 0 Å². The molecule has 0 atom stereocenters. The van der Waals surface area contributed by atoms with Crippen LogP contribution in [0, 0.1) is 37.5 Å². The second kappa shape index (κ2) is 10.1. The van der Waals surface area contributed by atoms with Crippen LogP contribution in [0.5, 0.6) is 5.75 Å². The molecule has 0 fully saturated rings. The van der Waals surface area contributed by atoms with Gasteiger partial charge in [-0.25, -0.2) is 0 Å². The maximum atomic E-state index is 13.2. The minimum atomic E-state index is -4.83. The highest BCUT2D eigenvalue weighted by Crippen LogP contribution is 2.30. The first-order valence-electron chi connectivity index (χ1n) is 10.3. The van der Waals surface area contributed by atoms with Gasteiger partial charge >= 0.3 is 6.36 Å². The maximum absolute atomic E-state index is 13.2. The van der Waals surface area contributed by atoms with E-state index in [-0.39, 0.29) is 11.3 Å². The Morgan fingerprint density at radius 1 is 0.719 bits per heavy atom. The quantitative estimate of drug-likeness (QED) is 0.407. The van der Waals surface area contributed by atoms with E-state index in [9.17, 15) is 13.2 Å². The highest BCUT2D eigenvalue weighted by atomic mass is 19.4. The molecule has 3 aromatic rings. The molecule has 0 radical (unpaired) electrons. The predicted octanol–water partition coefficient (Wildman–Crippen LogP) is 6.95. The third-order valence-corrected chi connectivity index (χ3v) is 4.72. The molecule has 0 aromatic heterocycles. The molecule has 0 aliphatic carbocycles. The predicted molar refractivity (Wildman–Crippen MR) is 121 cm³/mol. The average Bonchev–Trinajstić information content (AvgIpc) is 2.73. The first-order valence-corrected chi connectivity index (χ1v) is 10.3. The third-order valence-electron chi connectivity index (χ3n) is 4.72. The van der Waals surface area contributed by atoms with Crippen molar-refractivity contribution in [2.24, 2.45) is 0 Å². The van der Waals surface area contributed by atoms with E-state index in [1.807, 2.05) is 69.3 Å². The Bertz CT molecular complexity index is 1200. The molecule has 4 heteroatoms. The second-order valence-corrected chi connectivity index (χ2v) is 7.54. The average molecular weight is 432 g/mol. The van der Waals surface area contributed by atoms with Gasteiger partial charge in [0, 0.05) is 16.7 Å². The van der Waals surface area contributed by atoms with Crippen LogP contribution in [0.25, 0.3) is 0 Å². The number of rotatable bonds is 3. The SMILES string of the molecule is CCCc1cc(C#Cc2ccc(C)cc2)cc(OC(F)(F)F)c1C#Cc1ccc(C)cc1. The molecule has 0 aliphatic rings. The summed E-state index contributed by atoms with van der Waals surface area (Å²) in [5, 5.41) is 0. The highest BCUT2D eigenvalue weighted by Gasteiger charge is 2.32. The molecule has 0 amide bonds. The van der Waals surface area contributed by atoms with E-state index in [2.05, 4.69) is 28.4 Å². The minimum absolute atomic E-state index is 0.241. The Kier molecular flexibility index (Phi) is 7.29. The van der Waals surface area contributed by atoms with E-state index in [1.165, 1.54) is 6.07 Å². The summed E-state index contributed by atoms with van der Waals surface area (Å²) in [6.45, 7) is 5.90. The number of halogens is 3. The van der Waals surface area contributed by atoms with Gasteiger partial charge in [-0.1, -0.05) is 72.4 Å².